The first-order valence-corrected chi connectivity index (χ1v) is 8.20. The molecule has 2 rings (SSSR count). The number of benzene rings is 1. The molecular formula is C11H15IN2O3S. The molecule has 0 amide bonds. The van der Waals surface area contributed by atoms with E-state index in [1.54, 1.807) is 24.3 Å². The molecule has 1 heterocycles. The number of nitrogens with one attached hydrogen (secondary N) is 2. The van der Waals surface area contributed by atoms with Crippen LogP contribution in [0.1, 0.15) is 0 Å². The molecule has 100 valence electrons. The summed E-state index contributed by atoms with van der Waals surface area (Å²) in [7, 11) is -3.43. The van der Waals surface area contributed by atoms with Gasteiger partial charge in [-0.25, -0.2) is 13.1 Å². The number of rotatable bonds is 4. The highest BCUT2D eigenvalue weighted by Gasteiger charge is 2.18. The van der Waals surface area contributed by atoms with Crippen molar-refractivity contribution in [1.82, 2.24) is 10.0 Å². The van der Waals surface area contributed by atoms with Gasteiger partial charge in [0.15, 0.2) is 0 Å². The third-order valence-electron chi connectivity index (χ3n) is 2.64. The van der Waals surface area contributed by atoms with E-state index in [1.165, 1.54) is 0 Å². The van der Waals surface area contributed by atoms with Crippen LogP contribution in [-0.2, 0) is 14.8 Å². The van der Waals surface area contributed by atoms with E-state index in [1.807, 2.05) is 0 Å². The summed E-state index contributed by atoms with van der Waals surface area (Å²) in [5.41, 5.74) is 0. The van der Waals surface area contributed by atoms with Gasteiger partial charge in [0.1, 0.15) is 0 Å². The average molecular weight is 382 g/mol. The lowest BCUT2D eigenvalue weighted by Gasteiger charge is -2.23. The van der Waals surface area contributed by atoms with Gasteiger partial charge in [-0.05, 0) is 46.9 Å². The maximum Gasteiger partial charge on any atom is 0.240 e. The van der Waals surface area contributed by atoms with E-state index in [0.29, 0.717) is 24.7 Å². The van der Waals surface area contributed by atoms with Gasteiger partial charge < -0.3 is 10.1 Å². The van der Waals surface area contributed by atoms with Crippen LogP contribution in [0, 0.1) is 3.57 Å². The van der Waals surface area contributed by atoms with Crippen molar-refractivity contribution in [1.29, 1.82) is 0 Å². The molecule has 7 heteroatoms. The monoisotopic (exact) mass is 382 g/mol. The molecule has 0 aromatic heterocycles. The van der Waals surface area contributed by atoms with Crippen molar-refractivity contribution < 1.29 is 13.2 Å². The highest BCUT2D eigenvalue weighted by atomic mass is 127. The molecule has 1 aliphatic heterocycles. The van der Waals surface area contributed by atoms with Crippen LogP contribution in [0.4, 0.5) is 0 Å². The van der Waals surface area contributed by atoms with Crippen LogP contribution in [-0.4, -0.2) is 40.8 Å². The molecule has 0 saturated carbocycles. The van der Waals surface area contributed by atoms with E-state index in [9.17, 15) is 8.42 Å². The molecule has 1 aromatic rings. The fourth-order valence-corrected chi connectivity index (χ4v) is 3.10. The summed E-state index contributed by atoms with van der Waals surface area (Å²) in [4.78, 5) is 0.291. The normalized spacial score (nSPS) is 20.8. The first kappa shape index (κ1) is 14.2. The second-order valence-corrected chi connectivity index (χ2v) is 7.04. The molecular weight excluding hydrogens is 367 g/mol. The largest absolute Gasteiger partial charge is 0.378 e. The molecule has 1 atom stereocenters. The summed E-state index contributed by atoms with van der Waals surface area (Å²) in [5, 5.41) is 3.20. The highest BCUT2D eigenvalue weighted by molar-refractivity contribution is 14.1. The molecule has 5 nitrogen and oxygen atoms in total. The number of sulfonamides is 1. The fourth-order valence-electron chi connectivity index (χ4n) is 1.66. The highest BCUT2D eigenvalue weighted by Crippen LogP contribution is 2.11. The van der Waals surface area contributed by atoms with Crippen LogP contribution < -0.4 is 10.0 Å². The van der Waals surface area contributed by atoms with Crippen LogP contribution in [0.25, 0.3) is 0 Å². The second kappa shape index (κ2) is 6.29. The van der Waals surface area contributed by atoms with Crippen LogP contribution in [0.2, 0.25) is 0 Å². The van der Waals surface area contributed by atoms with Gasteiger partial charge in [0.25, 0.3) is 0 Å². The number of ether oxygens (including phenoxy) is 1. The van der Waals surface area contributed by atoms with Crippen molar-refractivity contribution in [3.05, 3.63) is 27.8 Å². The summed E-state index contributed by atoms with van der Waals surface area (Å²) in [5.74, 6) is 0. The van der Waals surface area contributed by atoms with Crippen molar-refractivity contribution >= 4 is 32.6 Å². The predicted molar refractivity (Wildman–Crippen MR) is 77.0 cm³/mol. The zero-order valence-corrected chi connectivity index (χ0v) is 12.7. The zero-order valence-electron chi connectivity index (χ0n) is 9.73. The van der Waals surface area contributed by atoms with Gasteiger partial charge in [-0.3, -0.25) is 0 Å². The lowest BCUT2D eigenvalue weighted by molar-refractivity contribution is 0.0784. The van der Waals surface area contributed by atoms with Crippen molar-refractivity contribution in [2.24, 2.45) is 0 Å². The average Bonchev–Trinajstić information content (AvgIpc) is 2.38. The molecule has 1 unspecified atom stereocenters. The Balaban J connectivity index is 1.96. The molecule has 2 N–H and O–H groups in total. The maximum atomic E-state index is 12.0. The van der Waals surface area contributed by atoms with Crippen LogP contribution in [0.3, 0.4) is 0 Å². The zero-order chi connectivity index (χ0) is 13.0. The summed E-state index contributed by atoms with van der Waals surface area (Å²) in [6, 6.07) is 6.80. The predicted octanol–water partition coefficient (Wildman–Crippen LogP) is 0.558. The van der Waals surface area contributed by atoms with Gasteiger partial charge >= 0.3 is 0 Å². The Labute approximate surface area is 120 Å². The smallest absolute Gasteiger partial charge is 0.240 e. The van der Waals surface area contributed by atoms with Crippen molar-refractivity contribution in [3.63, 3.8) is 0 Å². The molecule has 1 aliphatic rings. The molecule has 18 heavy (non-hydrogen) atoms. The molecule has 0 aliphatic carbocycles. The van der Waals surface area contributed by atoms with E-state index >= 15 is 0 Å². The van der Waals surface area contributed by atoms with Crippen molar-refractivity contribution in [2.45, 2.75) is 10.9 Å². The third-order valence-corrected chi connectivity index (χ3v) is 4.80. The Bertz CT molecular complexity index is 484. The Morgan fingerprint density at radius 1 is 1.39 bits per heavy atom. The van der Waals surface area contributed by atoms with E-state index in [0.717, 1.165) is 10.1 Å². The van der Waals surface area contributed by atoms with Crippen LogP contribution in [0.15, 0.2) is 29.2 Å². The van der Waals surface area contributed by atoms with Crippen LogP contribution >= 0.6 is 22.6 Å². The molecule has 0 bridgehead atoms. The van der Waals surface area contributed by atoms with E-state index in [-0.39, 0.29) is 6.04 Å². The summed E-state index contributed by atoms with van der Waals surface area (Å²) >= 11 is 2.14. The second-order valence-electron chi connectivity index (χ2n) is 4.03. The first-order valence-electron chi connectivity index (χ1n) is 5.64. The van der Waals surface area contributed by atoms with Gasteiger partial charge in [-0.2, -0.15) is 0 Å². The first-order chi connectivity index (χ1) is 8.58. The van der Waals surface area contributed by atoms with E-state index < -0.39 is 10.0 Å². The summed E-state index contributed by atoms with van der Waals surface area (Å²) < 4.78 is 32.9. The Kier molecular flexibility index (Phi) is 4.96. The third kappa shape index (κ3) is 3.89. The maximum absolute atomic E-state index is 12.0. The van der Waals surface area contributed by atoms with Gasteiger partial charge in [-0.1, -0.05) is 0 Å². The number of morpholine rings is 1. The van der Waals surface area contributed by atoms with Gasteiger partial charge in [0.05, 0.1) is 18.1 Å². The summed E-state index contributed by atoms with van der Waals surface area (Å²) in [6.07, 6.45) is 0. The number of hydrogen-bond acceptors (Lipinski definition) is 4. The minimum Gasteiger partial charge on any atom is -0.378 e. The van der Waals surface area contributed by atoms with Crippen LogP contribution in [0.5, 0.6) is 0 Å². The van der Waals surface area contributed by atoms with Crippen molar-refractivity contribution in [2.75, 3.05) is 26.3 Å². The number of halogens is 1. The SMILES string of the molecule is O=S(=O)(NCC1COCCN1)c1ccc(I)cc1. The quantitative estimate of drug-likeness (QED) is 0.747. The fraction of sp³-hybridized carbons (Fsp3) is 0.455. The van der Waals surface area contributed by atoms with Gasteiger partial charge in [0.2, 0.25) is 10.0 Å². The molecule has 1 aromatic carbocycles. The van der Waals surface area contributed by atoms with E-state index in [2.05, 4.69) is 32.6 Å². The summed E-state index contributed by atoms with van der Waals surface area (Å²) in [6.45, 7) is 2.32. The Morgan fingerprint density at radius 2 is 2.11 bits per heavy atom. The van der Waals surface area contributed by atoms with Gasteiger partial charge in [-0.15, -0.1) is 0 Å². The van der Waals surface area contributed by atoms with E-state index in [4.69, 9.17) is 4.74 Å². The Hall–Kier alpha value is -0.220. The molecule has 1 fully saturated rings. The minimum atomic E-state index is -3.43. The molecule has 1 saturated heterocycles. The lowest BCUT2D eigenvalue weighted by Crippen LogP contribution is -2.48. The topological polar surface area (TPSA) is 67.4 Å². The number of hydrogen-bond donors (Lipinski definition) is 2. The Morgan fingerprint density at radius 3 is 2.72 bits per heavy atom. The molecule has 0 radical (unpaired) electrons. The van der Waals surface area contributed by atoms with Crippen molar-refractivity contribution in [3.8, 4) is 0 Å². The van der Waals surface area contributed by atoms with Gasteiger partial charge in [0, 0.05) is 22.7 Å². The lowest BCUT2D eigenvalue weighted by atomic mass is 10.3. The molecule has 0 spiro atoms. The standard InChI is InChI=1S/C11H15IN2O3S/c12-9-1-3-11(4-2-9)18(15,16)14-7-10-8-17-6-5-13-10/h1-4,10,13-14H,5-8H2. The minimum absolute atomic E-state index is 0.0392.